The van der Waals surface area contributed by atoms with Crippen molar-refractivity contribution in [2.24, 2.45) is 0 Å². The average molecular weight is 208 g/mol. The van der Waals surface area contributed by atoms with Gasteiger partial charge in [0.15, 0.2) is 0 Å². The fourth-order valence-corrected chi connectivity index (χ4v) is 1.37. The second-order valence-corrected chi connectivity index (χ2v) is 3.57. The minimum absolute atomic E-state index is 0.722. The van der Waals surface area contributed by atoms with Crippen molar-refractivity contribution in [2.45, 2.75) is 19.8 Å². The summed E-state index contributed by atoms with van der Waals surface area (Å²) in [6.07, 6.45) is 2.00. The van der Waals surface area contributed by atoms with E-state index in [1.165, 1.54) is 5.56 Å². The quantitative estimate of drug-likeness (QED) is 0.701. The Hall–Kier alpha value is -1.22. The lowest BCUT2D eigenvalue weighted by atomic mass is 10.1. The van der Waals surface area contributed by atoms with Gasteiger partial charge in [0.1, 0.15) is 5.75 Å². The van der Waals surface area contributed by atoms with Gasteiger partial charge in [0.25, 0.3) is 0 Å². The number of hydrogen-bond acceptors (Lipinski definition) is 3. The standard InChI is InChI=1S/C12H20N2O/c1-3-8-15-12-5-4-10(6-7-14-2)9-11(12)13/h4-5,9,14H,3,6-8,13H2,1-2H3. The van der Waals surface area contributed by atoms with E-state index in [2.05, 4.69) is 18.3 Å². The van der Waals surface area contributed by atoms with Crippen LogP contribution in [0.5, 0.6) is 5.75 Å². The topological polar surface area (TPSA) is 47.3 Å². The van der Waals surface area contributed by atoms with E-state index in [0.717, 1.165) is 37.4 Å². The molecular weight excluding hydrogens is 188 g/mol. The van der Waals surface area contributed by atoms with Gasteiger partial charge in [-0.25, -0.2) is 0 Å². The number of benzene rings is 1. The number of anilines is 1. The van der Waals surface area contributed by atoms with Gasteiger partial charge in [0.2, 0.25) is 0 Å². The van der Waals surface area contributed by atoms with E-state index in [1.807, 2.05) is 19.2 Å². The van der Waals surface area contributed by atoms with Gasteiger partial charge in [0.05, 0.1) is 12.3 Å². The van der Waals surface area contributed by atoms with Crippen LogP contribution in [0.2, 0.25) is 0 Å². The van der Waals surface area contributed by atoms with Crippen LogP contribution in [0, 0.1) is 0 Å². The van der Waals surface area contributed by atoms with Crippen LogP contribution in [0.15, 0.2) is 18.2 Å². The molecule has 0 aliphatic carbocycles. The normalized spacial score (nSPS) is 10.3. The van der Waals surface area contributed by atoms with Crippen LogP contribution in [0.4, 0.5) is 5.69 Å². The van der Waals surface area contributed by atoms with Gasteiger partial charge in [0, 0.05) is 0 Å². The highest BCUT2D eigenvalue weighted by Gasteiger charge is 2.01. The summed E-state index contributed by atoms with van der Waals surface area (Å²) in [5.41, 5.74) is 7.86. The Morgan fingerprint density at radius 3 is 2.80 bits per heavy atom. The van der Waals surface area contributed by atoms with Gasteiger partial charge < -0.3 is 15.8 Å². The van der Waals surface area contributed by atoms with Gasteiger partial charge in [-0.05, 0) is 44.1 Å². The summed E-state index contributed by atoms with van der Waals surface area (Å²) in [5, 5.41) is 3.11. The number of rotatable bonds is 6. The van der Waals surface area contributed by atoms with Crippen molar-refractivity contribution in [1.82, 2.24) is 5.32 Å². The van der Waals surface area contributed by atoms with Gasteiger partial charge >= 0.3 is 0 Å². The molecule has 0 atom stereocenters. The lowest BCUT2D eigenvalue weighted by Gasteiger charge is -2.09. The Bertz CT molecular complexity index is 300. The molecule has 0 saturated heterocycles. The van der Waals surface area contributed by atoms with Crippen molar-refractivity contribution in [2.75, 3.05) is 25.9 Å². The summed E-state index contributed by atoms with van der Waals surface area (Å²) in [7, 11) is 1.95. The molecule has 0 bridgehead atoms. The highest BCUT2D eigenvalue weighted by molar-refractivity contribution is 5.54. The summed E-state index contributed by atoms with van der Waals surface area (Å²) in [5.74, 6) is 0.796. The summed E-state index contributed by atoms with van der Waals surface area (Å²) in [4.78, 5) is 0. The molecule has 3 heteroatoms. The van der Waals surface area contributed by atoms with Crippen molar-refractivity contribution in [3.05, 3.63) is 23.8 Å². The Morgan fingerprint density at radius 1 is 1.40 bits per heavy atom. The fraction of sp³-hybridized carbons (Fsp3) is 0.500. The molecule has 1 aromatic carbocycles. The van der Waals surface area contributed by atoms with Crippen molar-refractivity contribution in [1.29, 1.82) is 0 Å². The molecule has 3 N–H and O–H groups in total. The van der Waals surface area contributed by atoms with Gasteiger partial charge in [-0.3, -0.25) is 0 Å². The van der Waals surface area contributed by atoms with Crippen LogP contribution < -0.4 is 15.8 Å². The summed E-state index contributed by atoms with van der Waals surface area (Å²) in [6, 6.07) is 6.01. The first-order valence-electron chi connectivity index (χ1n) is 5.43. The Balaban J connectivity index is 2.61. The number of nitrogen functional groups attached to an aromatic ring is 1. The highest BCUT2D eigenvalue weighted by Crippen LogP contribution is 2.22. The van der Waals surface area contributed by atoms with Crippen LogP contribution >= 0.6 is 0 Å². The predicted octanol–water partition coefficient (Wildman–Crippen LogP) is 1.82. The summed E-state index contributed by atoms with van der Waals surface area (Å²) < 4.78 is 5.50. The van der Waals surface area contributed by atoms with E-state index in [0.29, 0.717) is 0 Å². The van der Waals surface area contributed by atoms with Crippen molar-refractivity contribution < 1.29 is 4.74 Å². The van der Waals surface area contributed by atoms with E-state index in [-0.39, 0.29) is 0 Å². The second kappa shape index (κ2) is 6.30. The molecule has 0 radical (unpaired) electrons. The smallest absolute Gasteiger partial charge is 0.142 e. The number of nitrogens with two attached hydrogens (primary N) is 1. The molecule has 3 nitrogen and oxygen atoms in total. The Morgan fingerprint density at radius 2 is 2.20 bits per heavy atom. The minimum atomic E-state index is 0.722. The number of hydrogen-bond donors (Lipinski definition) is 2. The third kappa shape index (κ3) is 3.80. The maximum Gasteiger partial charge on any atom is 0.142 e. The molecule has 84 valence electrons. The lowest BCUT2D eigenvalue weighted by molar-refractivity contribution is 0.319. The minimum Gasteiger partial charge on any atom is -0.491 e. The zero-order valence-electron chi connectivity index (χ0n) is 9.55. The van der Waals surface area contributed by atoms with Crippen LogP contribution in [0.25, 0.3) is 0 Å². The van der Waals surface area contributed by atoms with Gasteiger partial charge in [-0.15, -0.1) is 0 Å². The second-order valence-electron chi connectivity index (χ2n) is 3.57. The first-order chi connectivity index (χ1) is 7.27. The lowest BCUT2D eigenvalue weighted by Crippen LogP contribution is -2.10. The van der Waals surface area contributed by atoms with E-state index in [9.17, 15) is 0 Å². The SMILES string of the molecule is CCCOc1ccc(CCNC)cc1N. The highest BCUT2D eigenvalue weighted by atomic mass is 16.5. The van der Waals surface area contributed by atoms with E-state index >= 15 is 0 Å². The van der Waals surface area contributed by atoms with E-state index in [4.69, 9.17) is 10.5 Å². The largest absolute Gasteiger partial charge is 0.491 e. The molecule has 1 aromatic rings. The predicted molar refractivity (Wildman–Crippen MR) is 64.3 cm³/mol. The maximum atomic E-state index is 5.89. The Kier molecular flexibility index (Phi) is 4.98. The molecule has 0 aromatic heterocycles. The van der Waals surface area contributed by atoms with Crippen LogP contribution in [0.3, 0.4) is 0 Å². The summed E-state index contributed by atoms with van der Waals surface area (Å²) in [6.45, 7) is 3.77. The van der Waals surface area contributed by atoms with Crippen molar-refractivity contribution in [3.8, 4) is 5.75 Å². The van der Waals surface area contributed by atoms with Gasteiger partial charge in [-0.1, -0.05) is 13.0 Å². The Labute approximate surface area is 91.6 Å². The van der Waals surface area contributed by atoms with Crippen LogP contribution in [0.1, 0.15) is 18.9 Å². The first-order valence-corrected chi connectivity index (χ1v) is 5.43. The molecule has 0 spiro atoms. The molecule has 0 aliphatic heterocycles. The molecule has 0 amide bonds. The fourth-order valence-electron chi connectivity index (χ4n) is 1.37. The van der Waals surface area contributed by atoms with Crippen molar-refractivity contribution >= 4 is 5.69 Å². The van der Waals surface area contributed by atoms with E-state index in [1.54, 1.807) is 0 Å². The first kappa shape index (κ1) is 11.9. The number of nitrogens with one attached hydrogen (secondary N) is 1. The summed E-state index contributed by atoms with van der Waals surface area (Å²) >= 11 is 0. The zero-order chi connectivity index (χ0) is 11.1. The molecule has 0 heterocycles. The molecular formula is C12H20N2O. The molecule has 15 heavy (non-hydrogen) atoms. The molecule has 0 saturated carbocycles. The van der Waals surface area contributed by atoms with E-state index < -0.39 is 0 Å². The monoisotopic (exact) mass is 208 g/mol. The third-order valence-electron chi connectivity index (χ3n) is 2.20. The van der Waals surface area contributed by atoms with Crippen molar-refractivity contribution in [3.63, 3.8) is 0 Å². The molecule has 0 unspecified atom stereocenters. The maximum absolute atomic E-state index is 5.89. The van der Waals surface area contributed by atoms with Gasteiger partial charge in [-0.2, -0.15) is 0 Å². The molecule has 0 fully saturated rings. The van der Waals surface area contributed by atoms with Crippen LogP contribution in [-0.2, 0) is 6.42 Å². The average Bonchev–Trinajstić information content (AvgIpc) is 2.25. The number of ether oxygens (including phenoxy) is 1. The zero-order valence-corrected chi connectivity index (χ0v) is 9.55. The van der Waals surface area contributed by atoms with Crippen LogP contribution in [-0.4, -0.2) is 20.2 Å². The molecule has 1 rings (SSSR count). The number of likely N-dealkylation sites (N-methyl/N-ethyl adjacent to an activating group) is 1. The third-order valence-corrected chi connectivity index (χ3v) is 2.20. The molecule has 0 aliphatic rings.